The van der Waals surface area contributed by atoms with Gasteiger partial charge in [-0.3, -0.25) is 9.59 Å². The van der Waals surface area contributed by atoms with Crippen LogP contribution in [0.4, 0.5) is 10.5 Å². The van der Waals surface area contributed by atoms with Gasteiger partial charge < -0.3 is 4.74 Å². The highest BCUT2D eigenvalue weighted by Gasteiger charge is 2.36. The van der Waals surface area contributed by atoms with E-state index in [1.165, 1.54) is 12.0 Å². The number of benzene rings is 2. The molecule has 1 heterocycles. The fourth-order valence-corrected chi connectivity index (χ4v) is 3.31. The van der Waals surface area contributed by atoms with Gasteiger partial charge in [0, 0.05) is 0 Å². The Bertz CT molecular complexity index is 887. The molecule has 2 amide bonds. The van der Waals surface area contributed by atoms with Crippen LogP contribution in [0.1, 0.15) is 21.5 Å². The lowest BCUT2D eigenvalue weighted by Crippen LogP contribution is -2.28. The Morgan fingerprint density at radius 1 is 1.08 bits per heavy atom. The molecular formula is C19H15NO4S. The zero-order valence-corrected chi connectivity index (χ0v) is 14.5. The maximum atomic E-state index is 12.6. The van der Waals surface area contributed by atoms with Crippen molar-refractivity contribution in [1.82, 2.24) is 0 Å². The zero-order valence-electron chi connectivity index (χ0n) is 13.7. The lowest BCUT2D eigenvalue weighted by atomic mass is 10.1. The number of rotatable bonds is 3. The van der Waals surface area contributed by atoms with Gasteiger partial charge in [0.2, 0.25) is 0 Å². The number of imide groups is 1. The van der Waals surface area contributed by atoms with E-state index in [4.69, 9.17) is 0 Å². The first kappa shape index (κ1) is 17.0. The Morgan fingerprint density at radius 3 is 2.40 bits per heavy atom. The van der Waals surface area contributed by atoms with Gasteiger partial charge in [0.1, 0.15) is 0 Å². The number of para-hydroxylation sites is 1. The summed E-state index contributed by atoms with van der Waals surface area (Å²) in [4.78, 5) is 37.9. The Labute approximate surface area is 149 Å². The Balaban J connectivity index is 1.88. The lowest BCUT2D eigenvalue weighted by Gasteiger charge is -2.14. The van der Waals surface area contributed by atoms with Gasteiger partial charge in [-0.1, -0.05) is 30.3 Å². The van der Waals surface area contributed by atoms with Crippen LogP contribution in [-0.2, 0) is 9.53 Å². The fraction of sp³-hybridized carbons (Fsp3) is 0.105. The smallest absolute Gasteiger partial charge is 0.337 e. The van der Waals surface area contributed by atoms with Gasteiger partial charge in [0.25, 0.3) is 11.1 Å². The van der Waals surface area contributed by atoms with E-state index in [2.05, 4.69) is 4.74 Å². The topological polar surface area (TPSA) is 63.7 Å². The minimum Gasteiger partial charge on any atom is -0.465 e. The van der Waals surface area contributed by atoms with Crippen molar-refractivity contribution in [3.8, 4) is 0 Å². The van der Waals surface area contributed by atoms with Gasteiger partial charge in [-0.2, -0.15) is 0 Å². The first-order valence-electron chi connectivity index (χ1n) is 7.53. The second kappa shape index (κ2) is 6.94. The number of hydrogen-bond acceptors (Lipinski definition) is 5. The van der Waals surface area contributed by atoms with Crippen molar-refractivity contribution < 1.29 is 19.1 Å². The molecule has 1 aliphatic rings. The quantitative estimate of drug-likeness (QED) is 0.616. The number of thioether (sulfide) groups is 1. The highest BCUT2D eigenvalue weighted by molar-refractivity contribution is 8.19. The molecule has 3 rings (SSSR count). The summed E-state index contributed by atoms with van der Waals surface area (Å²) in [6.07, 6.45) is 1.64. The Morgan fingerprint density at radius 2 is 1.76 bits per heavy atom. The minimum atomic E-state index is -0.425. The number of carbonyl (C=O) groups is 3. The highest BCUT2D eigenvalue weighted by atomic mass is 32.2. The van der Waals surface area contributed by atoms with Gasteiger partial charge in [0.05, 0.1) is 23.3 Å². The molecule has 0 aliphatic carbocycles. The van der Waals surface area contributed by atoms with Crippen molar-refractivity contribution in [2.24, 2.45) is 0 Å². The molecule has 6 heteroatoms. The molecule has 0 bridgehead atoms. The van der Waals surface area contributed by atoms with Crippen molar-refractivity contribution in [2.45, 2.75) is 6.92 Å². The average molecular weight is 353 g/mol. The van der Waals surface area contributed by atoms with Gasteiger partial charge >= 0.3 is 5.97 Å². The molecule has 2 aromatic rings. The van der Waals surface area contributed by atoms with E-state index in [9.17, 15) is 14.4 Å². The maximum Gasteiger partial charge on any atom is 0.337 e. The third kappa shape index (κ3) is 3.34. The number of methoxy groups -OCH3 is 1. The molecule has 0 saturated carbocycles. The number of amides is 2. The molecule has 1 aliphatic heterocycles. The third-order valence-corrected chi connectivity index (χ3v) is 4.65. The first-order valence-corrected chi connectivity index (χ1v) is 8.35. The largest absolute Gasteiger partial charge is 0.465 e. The van der Waals surface area contributed by atoms with Crippen molar-refractivity contribution in [1.29, 1.82) is 0 Å². The van der Waals surface area contributed by atoms with Crippen molar-refractivity contribution in [3.63, 3.8) is 0 Å². The molecule has 0 spiro atoms. The molecule has 0 aromatic heterocycles. The number of aryl methyl sites for hydroxylation is 1. The highest BCUT2D eigenvalue weighted by Crippen LogP contribution is 2.36. The molecule has 1 fully saturated rings. The van der Waals surface area contributed by atoms with E-state index in [-0.39, 0.29) is 11.1 Å². The monoisotopic (exact) mass is 353 g/mol. The normalized spacial score (nSPS) is 15.8. The Hall–Kier alpha value is -2.86. The third-order valence-electron chi connectivity index (χ3n) is 3.78. The molecule has 1 saturated heterocycles. The molecule has 0 atom stereocenters. The standard InChI is InChI=1S/C19H15NO4S/c1-12-5-3-4-6-15(12)20-17(21)16(25-19(20)23)11-13-7-9-14(10-8-13)18(22)24-2/h3-11H,1-2H3/b16-11-. The van der Waals surface area contributed by atoms with Crippen LogP contribution in [0, 0.1) is 6.92 Å². The van der Waals surface area contributed by atoms with E-state index >= 15 is 0 Å². The van der Waals surface area contributed by atoms with Crippen LogP contribution in [0.25, 0.3) is 6.08 Å². The average Bonchev–Trinajstić information content (AvgIpc) is 2.89. The van der Waals surface area contributed by atoms with E-state index in [0.29, 0.717) is 16.2 Å². The summed E-state index contributed by atoms with van der Waals surface area (Å²) in [6.45, 7) is 1.85. The summed E-state index contributed by atoms with van der Waals surface area (Å²) in [7, 11) is 1.32. The Kier molecular flexibility index (Phi) is 4.72. The number of hydrogen-bond donors (Lipinski definition) is 0. The lowest BCUT2D eigenvalue weighted by molar-refractivity contribution is -0.113. The van der Waals surface area contributed by atoms with E-state index in [0.717, 1.165) is 22.9 Å². The summed E-state index contributed by atoms with van der Waals surface area (Å²) in [5.74, 6) is -0.771. The number of ether oxygens (including phenoxy) is 1. The molecule has 2 aromatic carbocycles. The van der Waals surface area contributed by atoms with Crippen molar-refractivity contribution >= 4 is 40.6 Å². The van der Waals surface area contributed by atoms with Crippen LogP contribution < -0.4 is 4.90 Å². The zero-order chi connectivity index (χ0) is 18.0. The molecule has 25 heavy (non-hydrogen) atoms. The number of carbonyl (C=O) groups excluding carboxylic acids is 3. The first-order chi connectivity index (χ1) is 12.0. The number of nitrogens with zero attached hydrogens (tertiary/aromatic N) is 1. The van der Waals surface area contributed by atoms with E-state index in [1.54, 1.807) is 42.5 Å². The molecular weight excluding hydrogens is 338 g/mol. The molecule has 0 radical (unpaired) electrons. The molecule has 0 unspecified atom stereocenters. The summed E-state index contributed by atoms with van der Waals surface area (Å²) in [6, 6.07) is 13.9. The van der Waals surface area contributed by atoms with Gasteiger partial charge in [-0.25, -0.2) is 9.69 Å². The predicted octanol–water partition coefficient (Wildman–Crippen LogP) is 4.02. The van der Waals surface area contributed by atoms with Crippen molar-refractivity contribution in [2.75, 3.05) is 12.0 Å². The number of esters is 1. The van der Waals surface area contributed by atoms with Gasteiger partial charge in [-0.05, 0) is 54.1 Å². The van der Waals surface area contributed by atoms with Crippen LogP contribution in [0.15, 0.2) is 53.4 Å². The van der Waals surface area contributed by atoms with E-state index in [1.807, 2.05) is 19.1 Å². The summed E-state index contributed by atoms with van der Waals surface area (Å²) >= 11 is 0.902. The predicted molar refractivity (Wildman–Crippen MR) is 97.4 cm³/mol. The van der Waals surface area contributed by atoms with Crippen LogP contribution in [0.2, 0.25) is 0 Å². The second-order valence-electron chi connectivity index (χ2n) is 5.42. The van der Waals surface area contributed by atoms with Crippen LogP contribution >= 0.6 is 11.8 Å². The minimum absolute atomic E-state index is 0.322. The van der Waals surface area contributed by atoms with Crippen LogP contribution in [-0.4, -0.2) is 24.2 Å². The van der Waals surface area contributed by atoms with Gasteiger partial charge in [0.15, 0.2) is 0 Å². The molecule has 5 nitrogen and oxygen atoms in total. The van der Waals surface area contributed by atoms with Crippen LogP contribution in [0.5, 0.6) is 0 Å². The summed E-state index contributed by atoms with van der Waals surface area (Å²) in [5.41, 5.74) is 2.60. The number of anilines is 1. The molecule has 126 valence electrons. The second-order valence-corrected chi connectivity index (χ2v) is 6.41. The van der Waals surface area contributed by atoms with E-state index < -0.39 is 5.97 Å². The van der Waals surface area contributed by atoms with Crippen molar-refractivity contribution in [3.05, 3.63) is 70.1 Å². The van der Waals surface area contributed by atoms with Gasteiger partial charge in [-0.15, -0.1) is 0 Å². The molecule has 0 N–H and O–H groups in total. The van der Waals surface area contributed by atoms with Crippen LogP contribution in [0.3, 0.4) is 0 Å². The maximum absolute atomic E-state index is 12.6. The SMILES string of the molecule is COC(=O)c1ccc(/C=C2\SC(=O)N(c3ccccc3C)C2=O)cc1. The fourth-order valence-electron chi connectivity index (χ4n) is 2.47. The summed E-state index contributed by atoms with van der Waals surface area (Å²) < 4.78 is 4.65. The summed E-state index contributed by atoms with van der Waals surface area (Å²) in [5, 5.41) is -0.322.